The van der Waals surface area contributed by atoms with Gasteiger partial charge < -0.3 is 16.0 Å². The van der Waals surface area contributed by atoms with Gasteiger partial charge in [-0.2, -0.15) is 4.98 Å². The molecule has 2 aromatic heterocycles. The van der Waals surface area contributed by atoms with Crippen molar-refractivity contribution in [1.82, 2.24) is 15.0 Å². The quantitative estimate of drug-likeness (QED) is 0.844. The Morgan fingerprint density at radius 3 is 2.81 bits per heavy atom. The molecule has 6 nitrogen and oxygen atoms in total. The van der Waals surface area contributed by atoms with E-state index < -0.39 is 0 Å². The van der Waals surface area contributed by atoms with Crippen LogP contribution in [0.3, 0.4) is 0 Å². The Labute approximate surface area is 128 Å². The maximum atomic E-state index is 5.86. The van der Waals surface area contributed by atoms with Crippen LogP contribution >= 0.6 is 11.6 Å². The summed E-state index contributed by atoms with van der Waals surface area (Å²) in [4.78, 5) is 14.7. The predicted molar refractivity (Wildman–Crippen MR) is 84.5 cm³/mol. The zero-order valence-electron chi connectivity index (χ0n) is 11.6. The zero-order chi connectivity index (χ0) is 14.7. The fourth-order valence-corrected chi connectivity index (χ4v) is 2.60. The van der Waals surface area contributed by atoms with E-state index in [2.05, 4.69) is 31.2 Å². The van der Waals surface area contributed by atoms with Gasteiger partial charge in [0.25, 0.3) is 0 Å². The van der Waals surface area contributed by atoms with Crippen LogP contribution in [0.5, 0.6) is 0 Å². The first-order valence-electron chi connectivity index (χ1n) is 6.94. The molecule has 1 fully saturated rings. The van der Waals surface area contributed by atoms with Crippen molar-refractivity contribution < 1.29 is 0 Å². The molecule has 0 bridgehead atoms. The van der Waals surface area contributed by atoms with Crippen LogP contribution < -0.4 is 16.0 Å². The van der Waals surface area contributed by atoms with E-state index >= 15 is 0 Å². The van der Waals surface area contributed by atoms with Crippen LogP contribution in [0.1, 0.15) is 18.4 Å². The van der Waals surface area contributed by atoms with Gasteiger partial charge in [-0.3, -0.25) is 0 Å². The maximum absolute atomic E-state index is 5.86. The number of rotatable bonds is 4. The topological polar surface area (TPSA) is 80.0 Å². The SMILES string of the molecule is Nc1nc(Cl)cc(NCc2ccnc(N3CCCC3)c2)n1. The van der Waals surface area contributed by atoms with E-state index in [9.17, 15) is 0 Å². The minimum absolute atomic E-state index is 0.164. The average molecular weight is 305 g/mol. The molecule has 2 aromatic rings. The fraction of sp³-hybridized carbons (Fsp3) is 0.357. The molecule has 7 heteroatoms. The second kappa shape index (κ2) is 6.13. The lowest BCUT2D eigenvalue weighted by Crippen LogP contribution is -2.19. The van der Waals surface area contributed by atoms with Gasteiger partial charge in [-0.25, -0.2) is 9.97 Å². The molecule has 1 saturated heterocycles. The van der Waals surface area contributed by atoms with Crippen LogP contribution in [-0.2, 0) is 6.54 Å². The van der Waals surface area contributed by atoms with Crippen molar-refractivity contribution in [2.75, 3.05) is 29.0 Å². The molecule has 0 aromatic carbocycles. The lowest BCUT2D eigenvalue weighted by atomic mass is 10.2. The predicted octanol–water partition coefficient (Wildman–Crippen LogP) is 2.32. The fourth-order valence-electron chi connectivity index (χ4n) is 2.41. The molecule has 0 radical (unpaired) electrons. The number of nitrogen functional groups attached to an aromatic ring is 1. The summed E-state index contributed by atoms with van der Waals surface area (Å²) in [7, 11) is 0. The molecule has 0 aliphatic carbocycles. The van der Waals surface area contributed by atoms with Crippen molar-refractivity contribution in [2.45, 2.75) is 19.4 Å². The zero-order valence-corrected chi connectivity index (χ0v) is 12.3. The summed E-state index contributed by atoms with van der Waals surface area (Å²) in [5.41, 5.74) is 6.71. The van der Waals surface area contributed by atoms with Crippen molar-refractivity contribution in [3.8, 4) is 0 Å². The first kappa shape index (κ1) is 13.9. The number of anilines is 3. The molecule has 0 atom stereocenters. The smallest absolute Gasteiger partial charge is 0.223 e. The van der Waals surface area contributed by atoms with Gasteiger partial charge in [0.2, 0.25) is 5.95 Å². The number of halogens is 1. The van der Waals surface area contributed by atoms with E-state index in [0.29, 0.717) is 17.5 Å². The van der Waals surface area contributed by atoms with Crippen molar-refractivity contribution >= 4 is 29.2 Å². The minimum Gasteiger partial charge on any atom is -0.368 e. The van der Waals surface area contributed by atoms with Gasteiger partial charge in [-0.05, 0) is 30.5 Å². The van der Waals surface area contributed by atoms with Crippen molar-refractivity contribution in [2.24, 2.45) is 0 Å². The van der Waals surface area contributed by atoms with Crippen LogP contribution in [0.15, 0.2) is 24.4 Å². The molecule has 0 spiro atoms. The molecule has 3 N–H and O–H groups in total. The summed E-state index contributed by atoms with van der Waals surface area (Å²) in [6.45, 7) is 2.81. The van der Waals surface area contributed by atoms with Crippen LogP contribution in [-0.4, -0.2) is 28.0 Å². The number of aromatic nitrogens is 3. The minimum atomic E-state index is 0.164. The van der Waals surface area contributed by atoms with Crippen molar-refractivity contribution in [3.63, 3.8) is 0 Å². The number of pyridine rings is 1. The van der Waals surface area contributed by atoms with Crippen LogP contribution in [0.25, 0.3) is 0 Å². The molecule has 1 aliphatic rings. The Balaban J connectivity index is 1.68. The molecule has 1 aliphatic heterocycles. The molecule has 110 valence electrons. The van der Waals surface area contributed by atoms with Gasteiger partial charge in [0.1, 0.15) is 16.8 Å². The second-order valence-electron chi connectivity index (χ2n) is 5.00. The Bertz CT molecular complexity index is 606. The second-order valence-corrected chi connectivity index (χ2v) is 5.39. The number of nitrogens with two attached hydrogens (primary N) is 1. The molecular formula is C14H17ClN6. The standard InChI is InChI=1S/C14H17ClN6/c15-11-8-12(20-14(16)19-11)18-9-10-3-4-17-13(7-10)21-5-1-2-6-21/h3-4,7-8H,1-2,5-6,9H2,(H3,16,18,19,20). The lowest BCUT2D eigenvalue weighted by molar-refractivity contribution is 0.931. The number of nitrogens with zero attached hydrogens (tertiary/aromatic N) is 4. The van der Waals surface area contributed by atoms with E-state index in [0.717, 1.165) is 24.5 Å². The first-order valence-corrected chi connectivity index (χ1v) is 7.32. The van der Waals surface area contributed by atoms with Crippen LogP contribution in [0.2, 0.25) is 5.15 Å². The molecule has 21 heavy (non-hydrogen) atoms. The monoisotopic (exact) mass is 304 g/mol. The number of hydrogen-bond donors (Lipinski definition) is 2. The highest BCUT2D eigenvalue weighted by Crippen LogP contribution is 2.19. The highest BCUT2D eigenvalue weighted by molar-refractivity contribution is 6.29. The summed E-state index contributed by atoms with van der Waals surface area (Å²) in [6, 6.07) is 5.74. The molecule has 3 rings (SSSR count). The van der Waals surface area contributed by atoms with Crippen molar-refractivity contribution in [1.29, 1.82) is 0 Å². The third-order valence-electron chi connectivity index (χ3n) is 3.43. The van der Waals surface area contributed by atoms with Gasteiger partial charge in [0, 0.05) is 31.9 Å². The largest absolute Gasteiger partial charge is 0.368 e. The molecule has 0 amide bonds. The molecule has 3 heterocycles. The Morgan fingerprint density at radius 1 is 1.24 bits per heavy atom. The molecule has 0 unspecified atom stereocenters. The first-order chi connectivity index (χ1) is 10.2. The highest BCUT2D eigenvalue weighted by Gasteiger charge is 2.13. The lowest BCUT2D eigenvalue weighted by Gasteiger charge is -2.17. The maximum Gasteiger partial charge on any atom is 0.223 e. The summed E-state index contributed by atoms with van der Waals surface area (Å²) in [5.74, 6) is 1.82. The van der Waals surface area contributed by atoms with E-state index in [4.69, 9.17) is 17.3 Å². The third kappa shape index (κ3) is 3.52. The molecular weight excluding hydrogens is 288 g/mol. The van der Waals surface area contributed by atoms with Crippen molar-refractivity contribution in [3.05, 3.63) is 35.1 Å². The van der Waals surface area contributed by atoms with E-state index in [-0.39, 0.29) is 5.95 Å². The van der Waals surface area contributed by atoms with E-state index in [1.165, 1.54) is 12.8 Å². The number of nitrogens with one attached hydrogen (secondary N) is 1. The Kier molecular flexibility index (Phi) is 4.06. The molecule has 0 saturated carbocycles. The van der Waals surface area contributed by atoms with Crippen LogP contribution in [0, 0.1) is 0 Å². The highest BCUT2D eigenvalue weighted by atomic mass is 35.5. The summed E-state index contributed by atoms with van der Waals surface area (Å²) in [5, 5.41) is 3.53. The summed E-state index contributed by atoms with van der Waals surface area (Å²) < 4.78 is 0. The number of hydrogen-bond acceptors (Lipinski definition) is 6. The Hall–Kier alpha value is -2.08. The summed E-state index contributed by atoms with van der Waals surface area (Å²) in [6.07, 6.45) is 4.32. The van der Waals surface area contributed by atoms with Gasteiger partial charge >= 0.3 is 0 Å². The van der Waals surface area contributed by atoms with E-state index in [1.807, 2.05) is 12.3 Å². The van der Waals surface area contributed by atoms with Crippen LogP contribution in [0.4, 0.5) is 17.6 Å². The van der Waals surface area contributed by atoms with Gasteiger partial charge in [-0.1, -0.05) is 11.6 Å². The summed E-state index contributed by atoms with van der Waals surface area (Å²) >= 11 is 5.86. The normalized spacial score (nSPS) is 14.4. The van der Waals surface area contributed by atoms with E-state index in [1.54, 1.807) is 6.07 Å². The average Bonchev–Trinajstić information content (AvgIpc) is 2.99. The third-order valence-corrected chi connectivity index (χ3v) is 3.62. The Morgan fingerprint density at radius 2 is 2.05 bits per heavy atom. The van der Waals surface area contributed by atoms with Gasteiger partial charge in [0.15, 0.2) is 0 Å². The van der Waals surface area contributed by atoms with Gasteiger partial charge in [-0.15, -0.1) is 0 Å². The van der Waals surface area contributed by atoms with Gasteiger partial charge in [0.05, 0.1) is 0 Å².